The number of carbonyl (C=O) groups excluding carboxylic acids is 1. The summed E-state index contributed by atoms with van der Waals surface area (Å²) < 4.78 is 1.12. The normalized spacial score (nSPS) is 9.08. The summed E-state index contributed by atoms with van der Waals surface area (Å²) in [5, 5.41) is 0. The Hall–Kier alpha value is 0.243. The van der Waals surface area contributed by atoms with Gasteiger partial charge in [0, 0.05) is 29.5 Å². The van der Waals surface area contributed by atoms with E-state index >= 15 is 0 Å². The van der Waals surface area contributed by atoms with E-state index in [1.165, 1.54) is 5.56 Å². The molecule has 1 rings (SSSR count). The molecule has 0 spiro atoms. The summed E-state index contributed by atoms with van der Waals surface area (Å²) >= 11 is 2.35. The Labute approximate surface area is 105 Å². The first-order valence-electron chi connectivity index (χ1n) is 3.90. The third-order valence-electron chi connectivity index (χ3n) is 1.74. The second kappa shape index (κ2) is 6.66. The van der Waals surface area contributed by atoms with Crippen molar-refractivity contribution in [2.45, 2.75) is 13.3 Å². The van der Waals surface area contributed by atoms with E-state index in [0.717, 1.165) is 16.4 Å². The average Bonchev–Trinajstić information content (AvgIpc) is 2.06. The van der Waals surface area contributed by atoms with Crippen molar-refractivity contribution in [2.75, 3.05) is 4.43 Å². The molecule has 0 amide bonds. The number of hydrogen-bond acceptors (Lipinski definition) is 1. The maximum atomic E-state index is 10.9. The van der Waals surface area contributed by atoms with Crippen molar-refractivity contribution in [3.63, 3.8) is 0 Å². The van der Waals surface area contributed by atoms with Crippen LogP contribution in [0.15, 0.2) is 24.3 Å². The van der Waals surface area contributed by atoms with Gasteiger partial charge < -0.3 is 0 Å². The number of benzene rings is 1. The van der Waals surface area contributed by atoms with Gasteiger partial charge in [-0.1, -0.05) is 46.9 Å². The van der Waals surface area contributed by atoms with Crippen LogP contribution in [0.5, 0.6) is 0 Å². The molecule has 1 aromatic rings. The van der Waals surface area contributed by atoms with Gasteiger partial charge in [-0.3, -0.25) is 4.79 Å². The quantitative estimate of drug-likeness (QED) is 0.358. The molecule has 0 aliphatic carbocycles. The fourth-order valence-corrected chi connectivity index (χ4v) is 1.64. The Morgan fingerprint density at radius 3 is 2.23 bits per heavy atom. The Morgan fingerprint density at radius 2 is 1.85 bits per heavy atom. The number of carbonyl (C=O) groups is 1. The molecule has 1 aromatic carbocycles. The van der Waals surface area contributed by atoms with Crippen LogP contribution < -0.4 is 0 Å². The molecule has 0 bridgehead atoms. The van der Waals surface area contributed by atoms with Crippen LogP contribution in [0.4, 0.5) is 0 Å². The van der Waals surface area contributed by atoms with E-state index in [1.54, 1.807) is 6.92 Å². The van der Waals surface area contributed by atoms with Gasteiger partial charge in [0.25, 0.3) is 0 Å². The molecule has 13 heavy (non-hydrogen) atoms. The molecule has 0 N–H and O–H groups in total. The number of ketones is 1. The van der Waals surface area contributed by atoms with Gasteiger partial charge in [-0.15, -0.1) is 0 Å². The van der Waals surface area contributed by atoms with Crippen molar-refractivity contribution in [1.82, 2.24) is 0 Å². The molecule has 0 saturated carbocycles. The van der Waals surface area contributed by atoms with Gasteiger partial charge in [-0.25, -0.2) is 0 Å². The molecule has 0 saturated heterocycles. The zero-order valence-corrected chi connectivity index (χ0v) is 12.8. The summed E-state index contributed by atoms with van der Waals surface area (Å²) in [7, 11) is 0. The molecule has 0 heterocycles. The molecule has 0 unspecified atom stereocenters. The van der Waals surface area contributed by atoms with Crippen LogP contribution in [-0.2, 0) is 25.9 Å². The zero-order chi connectivity index (χ0) is 8.97. The van der Waals surface area contributed by atoms with Gasteiger partial charge >= 0.3 is 0 Å². The predicted molar refractivity (Wildman–Crippen MR) is 59.0 cm³/mol. The van der Waals surface area contributed by atoms with Crippen molar-refractivity contribution in [2.24, 2.45) is 0 Å². The van der Waals surface area contributed by atoms with E-state index in [0.29, 0.717) is 0 Å². The number of Topliss-reactive ketones (excluding diaryl/α,β-unsaturated/α-hetero) is 1. The molecule has 0 fully saturated rings. The van der Waals surface area contributed by atoms with Crippen LogP contribution in [0, 0.1) is 0 Å². The molecule has 0 radical (unpaired) electrons. The van der Waals surface area contributed by atoms with E-state index in [1.807, 2.05) is 24.3 Å². The molecule has 66 valence electrons. The average molecular weight is 339 g/mol. The Morgan fingerprint density at radius 1 is 1.31 bits per heavy atom. The second-order valence-corrected chi connectivity index (χ2v) is 3.77. The summed E-state index contributed by atoms with van der Waals surface area (Å²) in [6.07, 6.45) is 1.08. The van der Waals surface area contributed by atoms with Crippen LogP contribution in [0.25, 0.3) is 0 Å². The maximum absolute atomic E-state index is 10.9. The first-order valence-corrected chi connectivity index (χ1v) is 5.42. The van der Waals surface area contributed by atoms with E-state index in [9.17, 15) is 4.79 Å². The van der Waals surface area contributed by atoms with Gasteiger partial charge in [-0.2, -0.15) is 0 Å². The van der Waals surface area contributed by atoms with Crippen LogP contribution in [0.2, 0.25) is 0 Å². The van der Waals surface area contributed by atoms with Gasteiger partial charge in [0.15, 0.2) is 5.78 Å². The van der Waals surface area contributed by atoms with Crippen LogP contribution >= 0.6 is 22.6 Å². The number of alkyl halides is 1. The minimum absolute atomic E-state index is 0. The summed E-state index contributed by atoms with van der Waals surface area (Å²) in [5.74, 6) is 0.135. The fourth-order valence-electron chi connectivity index (χ4n) is 1.02. The maximum Gasteiger partial charge on any atom is 0.159 e. The predicted octanol–water partition coefficient (Wildman–Crippen LogP) is 2.86. The van der Waals surface area contributed by atoms with E-state index in [4.69, 9.17) is 0 Å². The minimum Gasteiger partial charge on any atom is -0.295 e. The molecule has 3 heteroatoms. The largest absolute Gasteiger partial charge is 0.295 e. The summed E-state index contributed by atoms with van der Waals surface area (Å²) in [4.78, 5) is 10.9. The van der Waals surface area contributed by atoms with Gasteiger partial charge in [-0.05, 0) is 18.9 Å². The summed E-state index contributed by atoms with van der Waals surface area (Å²) in [6, 6.07) is 7.83. The monoisotopic (exact) mass is 338 g/mol. The van der Waals surface area contributed by atoms with E-state index in [2.05, 4.69) is 22.6 Å². The van der Waals surface area contributed by atoms with Crippen LogP contribution in [0.3, 0.4) is 0 Å². The molecule has 0 aliphatic rings. The second-order valence-electron chi connectivity index (χ2n) is 2.69. The number of hydrogen-bond donors (Lipinski definition) is 0. The molecule has 0 aliphatic heterocycles. The third-order valence-corrected chi connectivity index (χ3v) is 2.28. The van der Waals surface area contributed by atoms with Crippen molar-refractivity contribution in [3.8, 4) is 0 Å². The first-order chi connectivity index (χ1) is 5.74. The van der Waals surface area contributed by atoms with Crippen LogP contribution in [0.1, 0.15) is 22.8 Å². The van der Waals surface area contributed by atoms with Crippen molar-refractivity contribution in [1.29, 1.82) is 0 Å². The van der Waals surface area contributed by atoms with Crippen molar-refractivity contribution < 1.29 is 24.3 Å². The Bertz CT molecular complexity index is 269. The molecular weight excluding hydrogens is 328 g/mol. The summed E-state index contributed by atoms with van der Waals surface area (Å²) in [5.41, 5.74) is 2.10. The van der Waals surface area contributed by atoms with Gasteiger partial charge in [0.2, 0.25) is 0 Å². The minimum atomic E-state index is 0. The number of rotatable bonds is 3. The SMILES string of the molecule is CC(=O)c1ccc(CCI)cc1.[Zn]. The van der Waals surface area contributed by atoms with Crippen molar-refractivity contribution in [3.05, 3.63) is 35.4 Å². The van der Waals surface area contributed by atoms with Crippen LogP contribution in [-0.4, -0.2) is 10.2 Å². The molecule has 0 atom stereocenters. The number of halogens is 1. The van der Waals surface area contributed by atoms with E-state index < -0.39 is 0 Å². The smallest absolute Gasteiger partial charge is 0.159 e. The fraction of sp³-hybridized carbons (Fsp3) is 0.300. The number of aryl methyl sites for hydroxylation is 1. The molecule has 0 aromatic heterocycles. The first kappa shape index (κ1) is 13.2. The topological polar surface area (TPSA) is 17.1 Å². The van der Waals surface area contributed by atoms with Gasteiger partial charge in [0.1, 0.15) is 0 Å². The van der Waals surface area contributed by atoms with E-state index in [-0.39, 0.29) is 25.3 Å². The van der Waals surface area contributed by atoms with Gasteiger partial charge in [0.05, 0.1) is 0 Å². The summed E-state index contributed by atoms with van der Waals surface area (Å²) in [6.45, 7) is 1.59. The Kier molecular flexibility index (Phi) is 6.79. The standard InChI is InChI=1S/C10H11IO.Zn/c1-8(12)10-4-2-9(3-5-10)6-7-11;/h2-5H,6-7H2,1H3;. The molecule has 1 nitrogen and oxygen atoms in total. The third kappa shape index (κ3) is 4.32. The zero-order valence-electron chi connectivity index (χ0n) is 7.72. The molecular formula is C10H11IOZn. The van der Waals surface area contributed by atoms with Crippen molar-refractivity contribution >= 4 is 28.4 Å². The Balaban J connectivity index is 0.00000144.